The number of hydrogen-bond donors (Lipinski definition) is 1. The summed E-state index contributed by atoms with van der Waals surface area (Å²) in [4.78, 5) is 14.3. The number of rotatable bonds is 8. The van der Waals surface area contributed by atoms with Gasteiger partial charge in [0.15, 0.2) is 11.5 Å². The molecule has 1 N–H and O–H groups in total. The Morgan fingerprint density at radius 1 is 1.06 bits per heavy atom. The summed E-state index contributed by atoms with van der Waals surface area (Å²) in [6.07, 6.45) is 3.61. The van der Waals surface area contributed by atoms with Gasteiger partial charge in [0.2, 0.25) is 5.91 Å². The normalized spacial score (nSPS) is 12.9. The van der Waals surface area contributed by atoms with Crippen LogP contribution in [0.3, 0.4) is 0 Å². The second-order valence-corrected chi connectivity index (χ2v) is 8.04. The van der Waals surface area contributed by atoms with Gasteiger partial charge in [0.25, 0.3) is 0 Å². The monoisotopic (exact) mass is 437 g/mol. The van der Waals surface area contributed by atoms with Crippen molar-refractivity contribution in [2.45, 2.75) is 32.1 Å². The Hall–Kier alpha value is -3.35. The van der Waals surface area contributed by atoms with Gasteiger partial charge in [-0.25, -0.2) is 4.39 Å². The van der Waals surface area contributed by atoms with Crippen LogP contribution in [0, 0.1) is 5.82 Å². The molecule has 0 aliphatic carbocycles. The number of carbonyl (C=O) groups is 1. The molecule has 0 saturated carbocycles. The molecule has 0 spiro atoms. The maximum atomic E-state index is 13.1. The fourth-order valence-electron chi connectivity index (χ4n) is 3.69. The largest absolute Gasteiger partial charge is 0.490 e. The number of ether oxygens (including phenoxy) is 2. The van der Waals surface area contributed by atoms with Crippen LogP contribution in [0.15, 0.2) is 48.5 Å². The van der Waals surface area contributed by atoms with Crippen molar-refractivity contribution in [3.63, 3.8) is 0 Å². The zero-order valence-electron chi connectivity index (χ0n) is 18.3. The Bertz CT molecular complexity index is 1050. The molecule has 2 aromatic carbocycles. The topological polar surface area (TPSA) is 67.5 Å². The van der Waals surface area contributed by atoms with Crippen LogP contribution in [0.2, 0.25) is 0 Å². The van der Waals surface area contributed by atoms with E-state index in [1.54, 1.807) is 17.0 Å². The molecule has 0 radical (unpaired) electrons. The molecule has 0 atom stereocenters. The number of benzene rings is 2. The maximum Gasteiger partial charge on any atom is 0.222 e. The summed E-state index contributed by atoms with van der Waals surface area (Å²) in [5.41, 5.74) is 3.73. The van der Waals surface area contributed by atoms with Crippen molar-refractivity contribution < 1.29 is 18.7 Å². The van der Waals surface area contributed by atoms with E-state index in [1.165, 1.54) is 12.1 Å². The van der Waals surface area contributed by atoms with Gasteiger partial charge in [0.05, 0.1) is 18.9 Å². The highest BCUT2D eigenvalue weighted by atomic mass is 19.1. The van der Waals surface area contributed by atoms with E-state index in [1.807, 2.05) is 31.3 Å². The van der Waals surface area contributed by atoms with E-state index in [4.69, 9.17) is 9.47 Å². The Morgan fingerprint density at radius 3 is 2.66 bits per heavy atom. The number of aryl methyl sites for hydroxylation is 2. The number of H-pyrrole nitrogens is 1. The minimum absolute atomic E-state index is 0.119. The summed E-state index contributed by atoms with van der Waals surface area (Å²) >= 11 is 0. The molecule has 32 heavy (non-hydrogen) atoms. The van der Waals surface area contributed by atoms with Crippen LogP contribution < -0.4 is 9.47 Å². The van der Waals surface area contributed by atoms with Crippen LogP contribution in [0.1, 0.15) is 30.5 Å². The summed E-state index contributed by atoms with van der Waals surface area (Å²) in [5.74, 6) is 1.40. The predicted molar refractivity (Wildman–Crippen MR) is 120 cm³/mol. The molecule has 1 amide bonds. The van der Waals surface area contributed by atoms with Gasteiger partial charge >= 0.3 is 0 Å². The molecule has 0 fully saturated rings. The van der Waals surface area contributed by atoms with E-state index in [0.717, 1.165) is 53.3 Å². The van der Waals surface area contributed by atoms with Gasteiger partial charge in [-0.15, -0.1) is 0 Å². The average molecular weight is 438 g/mol. The Morgan fingerprint density at radius 2 is 1.84 bits per heavy atom. The third-order valence-corrected chi connectivity index (χ3v) is 5.58. The summed E-state index contributed by atoms with van der Waals surface area (Å²) < 4.78 is 24.5. The Balaban J connectivity index is 1.21. The van der Waals surface area contributed by atoms with Gasteiger partial charge in [-0.1, -0.05) is 6.07 Å². The van der Waals surface area contributed by atoms with Crippen molar-refractivity contribution in [2.24, 2.45) is 0 Å². The molecule has 168 valence electrons. The van der Waals surface area contributed by atoms with Crippen LogP contribution in [0.25, 0.3) is 11.3 Å². The first-order valence-corrected chi connectivity index (χ1v) is 11.0. The molecule has 4 rings (SSSR count). The van der Waals surface area contributed by atoms with Crippen molar-refractivity contribution in [1.82, 2.24) is 15.1 Å². The number of hydrogen-bond acceptors (Lipinski definition) is 4. The first-order valence-electron chi connectivity index (χ1n) is 11.0. The molecule has 2 heterocycles. The predicted octanol–water partition coefficient (Wildman–Crippen LogP) is 4.40. The number of amides is 1. The fraction of sp³-hybridized carbons (Fsp3) is 0.360. The Kier molecular flexibility index (Phi) is 7.04. The minimum Gasteiger partial charge on any atom is -0.490 e. The highest BCUT2D eigenvalue weighted by Crippen LogP contribution is 2.30. The summed E-state index contributed by atoms with van der Waals surface area (Å²) in [5, 5.41) is 7.33. The molecule has 0 bridgehead atoms. The lowest BCUT2D eigenvalue weighted by molar-refractivity contribution is -0.129. The molecular formula is C25H28FN3O3. The minimum atomic E-state index is -0.262. The van der Waals surface area contributed by atoms with Crippen molar-refractivity contribution in [3.05, 3.63) is 65.6 Å². The highest BCUT2D eigenvalue weighted by Gasteiger charge is 2.13. The third-order valence-electron chi connectivity index (χ3n) is 5.58. The van der Waals surface area contributed by atoms with Gasteiger partial charge in [-0.2, -0.15) is 5.10 Å². The molecule has 1 aliphatic heterocycles. The van der Waals surface area contributed by atoms with E-state index >= 15 is 0 Å². The second kappa shape index (κ2) is 10.3. The first kappa shape index (κ1) is 21.9. The van der Waals surface area contributed by atoms with E-state index in [-0.39, 0.29) is 11.7 Å². The van der Waals surface area contributed by atoms with Gasteiger partial charge < -0.3 is 14.4 Å². The number of nitrogens with zero attached hydrogens (tertiary/aromatic N) is 2. The van der Waals surface area contributed by atoms with Crippen molar-refractivity contribution in [2.75, 3.05) is 26.8 Å². The van der Waals surface area contributed by atoms with Gasteiger partial charge in [0.1, 0.15) is 5.82 Å². The van der Waals surface area contributed by atoms with Crippen molar-refractivity contribution in [1.29, 1.82) is 0 Å². The average Bonchev–Trinajstić information content (AvgIpc) is 3.14. The van der Waals surface area contributed by atoms with Gasteiger partial charge in [-0.05, 0) is 67.3 Å². The van der Waals surface area contributed by atoms with Crippen LogP contribution >= 0.6 is 0 Å². The number of aromatic nitrogens is 2. The molecular weight excluding hydrogens is 409 g/mol. The first-order chi connectivity index (χ1) is 15.6. The highest BCUT2D eigenvalue weighted by molar-refractivity contribution is 5.76. The summed E-state index contributed by atoms with van der Waals surface area (Å²) in [7, 11) is 1.84. The molecule has 7 heteroatoms. The van der Waals surface area contributed by atoms with Crippen LogP contribution in [0.5, 0.6) is 11.5 Å². The smallest absolute Gasteiger partial charge is 0.222 e. The lowest BCUT2D eigenvalue weighted by atomic mass is 10.1. The fourth-order valence-corrected chi connectivity index (χ4v) is 3.69. The molecule has 1 aromatic heterocycles. The van der Waals surface area contributed by atoms with Crippen molar-refractivity contribution in [3.8, 4) is 22.8 Å². The molecule has 3 aromatic rings. The molecule has 0 unspecified atom stereocenters. The van der Waals surface area contributed by atoms with Gasteiger partial charge in [0, 0.05) is 37.7 Å². The second-order valence-electron chi connectivity index (χ2n) is 8.04. The zero-order chi connectivity index (χ0) is 22.3. The molecule has 1 aliphatic rings. The number of halogens is 1. The van der Waals surface area contributed by atoms with Crippen molar-refractivity contribution >= 4 is 5.91 Å². The molecule has 6 nitrogen and oxygen atoms in total. The van der Waals surface area contributed by atoms with Crippen LogP contribution in [-0.2, 0) is 17.6 Å². The number of fused-ring (bicyclic) bond motifs is 1. The van der Waals surface area contributed by atoms with E-state index in [9.17, 15) is 9.18 Å². The SMILES string of the molecule is CN(CCCc1cc(-c2ccc(F)cc2)n[nH]1)C(=O)CCc1ccc2c(c1)OCCCO2. The number of carbonyl (C=O) groups excluding carboxylic acids is 1. The van der Waals surface area contributed by atoms with Crippen LogP contribution in [0.4, 0.5) is 4.39 Å². The lowest BCUT2D eigenvalue weighted by Crippen LogP contribution is -2.28. The lowest BCUT2D eigenvalue weighted by Gasteiger charge is -2.17. The van der Waals surface area contributed by atoms with E-state index < -0.39 is 0 Å². The molecule has 0 saturated heterocycles. The number of nitrogens with one attached hydrogen (secondary N) is 1. The standard InChI is InChI=1S/C25H28FN3O3/c1-29(13-2-4-21-17-22(28-27-21)19-7-9-20(26)10-8-19)25(30)12-6-18-5-11-23-24(16-18)32-15-3-14-31-23/h5,7-11,16-17H,2-4,6,12-15H2,1H3,(H,27,28). The zero-order valence-corrected chi connectivity index (χ0v) is 18.3. The summed E-state index contributed by atoms with van der Waals surface area (Å²) in [6, 6.07) is 14.2. The quantitative estimate of drug-likeness (QED) is 0.567. The summed E-state index contributed by atoms with van der Waals surface area (Å²) in [6.45, 7) is 1.99. The van der Waals surface area contributed by atoms with E-state index in [0.29, 0.717) is 32.6 Å². The Labute approximate surface area is 187 Å². The van der Waals surface area contributed by atoms with Crippen LogP contribution in [-0.4, -0.2) is 47.8 Å². The maximum absolute atomic E-state index is 13.1. The van der Waals surface area contributed by atoms with E-state index in [2.05, 4.69) is 10.2 Å². The number of aromatic amines is 1. The van der Waals surface area contributed by atoms with Gasteiger partial charge in [-0.3, -0.25) is 9.89 Å². The third kappa shape index (κ3) is 5.66.